The molecular formula is C11H13N3O4. The van der Waals surface area contributed by atoms with Gasteiger partial charge in [-0.05, 0) is 12.1 Å². The van der Waals surface area contributed by atoms with Gasteiger partial charge in [-0.15, -0.1) is 0 Å². The first-order valence-electron chi connectivity index (χ1n) is 5.10. The maximum absolute atomic E-state index is 11.6. The van der Waals surface area contributed by atoms with Crippen LogP contribution in [0.2, 0.25) is 0 Å². The predicted molar refractivity (Wildman–Crippen MR) is 64.3 cm³/mol. The van der Waals surface area contributed by atoms with E-state index in [1.807, 2.05) is 0 Å². The van der Waals surface area contributed by atoms with Gasteiger partial charge in [0.25, 0.3) is 0 Å². The van der Waals surface area contributed by atoms with Crippen molar-refractivity contribution in [2.75, 3.05) is 18.9 Å². The normalized spacial score (nSPS) is 9.39. The van der Waals surface area contributed by atoms with E-state index < -0.39 is 24.6 Å². The summed E-state index contributed by atoms with van der Waals surface area (Å²) in [6.45, 7) is -0.540. The van der Waals surface area contributed by atoms with E-state index in [4.69, 9.17) is 5.11 Å². The van der Waals surface area contributed by atoms with Gasteiger partial charge < -0.3 is 15.7 Å². The summed E-state index contributed by atoms with van der Waals surface area (Å²) < 4.78 is 0. The van der Waals surface area contributed by atoms with E-state index in [2.05, 4.69) is 10.6 Å². The molecule has 3 N–H and O–H groups in total. The average molecular weight is 251 g/mol. The summed E-state index contributed by atoms with van der Waals surface area (Å²) >= 11 is 0. The van der Waals surface area contributed by atoms with Crippen molar-refractivity contribution in [3.8, 4) is 0 Å². The number of urea groups is 2. The SMILES string of the molecule is CN(C(=O)NCC(=O)O)C(=O)Nc1ccccc1. The Kier molecular flexibility index (Phi) is 4.67. The molecule has 0 spiro atoms. The van der Waals surface area contributed by atoms with Crippen LogP contribution in [0.1, 0.15) is 0 Å². The topological polar surface area (TPSA) is 98.7 Å². The predicted octanol–water partition coefficient (Wildman–Crippen LogP) is 0.944. The van der Waals surface area contributed by atoms with Crippen LogP contribution in [0.5, 0.6) is 0 Å². The lowest BCUT2D eigenvalue weighted by atomic mass is 10.3. The van der Waals surface area contributed by atoms with Crippen LogP contribution in [0.4, 0.5) is 15.3 Å². The second-order valence-electron chi connectivity index (χ2n) is 3.41. The van der Waals surface area contributed by atoms with Crippen molar-refractivity contribution in [2.24, 2.45) is 0 Å². The fourth-order valence-electron chi connectivity index (χ4n) is 1.09. The van der Waals surface area contributed by atoms with Crippen LogP contribution < -0.4 is 10.6 Å². The maximum atomic E-state index is 11.6. The minimum absolute atomic E-state index is 0.540. The standard InChI is InChI=1S/C11H13N3O4/c1-14(10(17)12-7-9(15)16)11(18)13-8-5-3-2-4-6-8/h2-6H,7H2,1H3,(H,12,17)(H,13,18)(H,15,16). The number of amides is 4. The second-order valence-corrected chi connectivity index (χ2v) is 3.41. The molecule has 7 nitrogen and oxygen atoms in total. The van der Waals surface area contributed by atoms with Crippen molar-refractivity contribution in [3.05, 3.63) is 30.3 Å². The lowest BCUT2D eigenvalue weighted by Crippen LogP contribution is -2.44. The number of nitrogens with one attached hydrogen (secondary N) is 2. The highest BCUT2D eigenvalue weighted by molar-refractivity contribution is 6.00. The highest BCUT2D eigenvalue weighted by Gasteiger charge is 2.16. The first-order chi connectivity index (χ1) is 8.50. The molecule has 0 aliphatic rings. The van der Waals surface area contributed by atoms with Gasteiger partial charge in [0.1, 0.15) is 6.54 Å². The number of carboxylic acids is 1. The van der Waals surface area contributed by atoms with Gasteiger partial charge in [-0.25, -0.2) is 14.5 Å². The number of rotatable bonds is 3. The number of carbonyl (C=O) groups excluding carboxylic acids is 2. The first kappa shape index (κ1) is 13.5. The van der Waals surface area contributed by atoms with Gasteiger partial charge in [-0.1, -0.05) is 18.2 Å². The Morgan fingerprint density at radius 3 is 2.33 bits per heavy atom. The van der Waals surface area contributed by atoms with Gasteiger partial charge in [0, 0.05) is 12.7 Å². The van der Waals surface area contributed by atoms with E-state index in [0.29, 0.717) is 5.69 Å². The van der Waals surface area contributed by atoms with E-state index in [-0.39, 0.29) is 0 Å². The Balaban J connectivity index is 2.51. The number of imide groups is 1. The van der Waals surface area contributed by atoms with Gasteiger partial charge in [-0.2, -0.15) is 0 Å². The number of carbonyl (C=O) groups is 3. The fourth-order valence-corrected chi connectivity index (χ4v) is 1.09. The minimum atomic E-state index is -1.18. The Morgan fingerprint density at radius 1 is 1.17 bits per heavy atom. The summed E-state index contributed by atoms with van der Waals surface area (Å²) in [4.78, 5) is 34.0. The molecular weight excluding hydrogens is 238 g/mol. The molecule has 18 heavy (non-hydrogen) atoms. The lowest BCUT2D eigenvalue weighted by molar-refractivity contribution is -0.135. The van der Waals surface area contributed by atoms with Gasteiger partial charge in [-0.3, -0.25) is 4.79 Å². The smallest absolute Gasteiger partial charge is 0.329 e. The molecule has 0 heterocycles. The molecule has 0 fully saturated rings. The third-order valence-electron chi connectivity index (χ3n) is 2.03. The molecule has 7 heteroatoms. The van der Waals surface area contributed by atoms with Crippen molar-refractivity contribution < 1.29 is 19.5 Å². The average Bonchev–Trinajstić information content (AvgIpc) is 2.36. The molecule has 0 radical (unpaired) electrons. The van der Waals surface area contributed by atoms with E-state index in [0.717, 1.165) is 4.90 Å². The third kappa shape index (κ3) is 4.12. The molecule has 0 aliphatic heterocycles. The zero-order chi connectivity index (χ0) is 13.5. The summed E-state index contributed by atoms with van der Waals surface area (Å²) in [6.07, 6.45) is 0. The van der Waals surface area contributed by atoms with Crippen LogP contribution in [-0.4, -0.2) is 41.6 Å². The molecule has 1 aromatic rings. The molecule has 0 unspecified atom stereocenters. The summed E-state index contributed by atoms with van der Waals surface area (Å²) in [5.41, 5.74) is 0.542. The number of nitrogens with zero attached hydrogens (tertiary/aromatic N) is 1. The van der Waals surface area contributed by atoms with Gasteiger partial charge >= 0.3 is 18.0 Å². The molecule has 0 atom stereocenters. The van der Waals surface area contributed by atoms with Gasteiger partial charge in [0.15, 0.2) is 0 Å². The molecule has 4 amide bonds. The maximum Gasteiger partial charge on any atom is 0.329 e. The number of hydrogen-bond acceptors (Lipinski definition) is 3. The van der Waals surface area contributed by atoms with E-state index in [1.54, 1.807) is 30.3 Å². The molecule has 1 rings (SSSR count). The zero-order valence-corrected chi connectivity index (χ0v) is 9.71. The number of hydrogen-bond donors (Lipinski definition) is 3. The summed E-state index contributed by atoms with van der Waals surface area (Å²) in [5.74, 6) is -1.18. The zero-order valence-electron chi connectivity index (χ0n) is 9.71. The fraction of sp³-hybridized carbons (Fsp3) is 0.182. The largest absolute Gasteiger partial charge is 0.480 e. The third-order valence-corrected chi connectivity index (χ3v) is 2.03. The number of para-hydroxylation sites is 1. The molecule has 0 saturated carbocycles. The molecule has 0 aromatic heterocycles. The van der Waals surface area contributed by atoms with E-state index >= 15 is 0 Å². The summed E-state index contributed by atoms with van der Waals surface area (Å²) in [6, 6.07) is 7.16. The summed E-state index contributed by atoms with van der Waals surface area (Å²) in [7, 11) is 1.25. The van der Waals surface area contributed by atoms with Crippen molar-refractivity contribution >= 4 is 23.7 Å². The first-order valence-corrected chi connectivity index (χ1v) is 5.10. The van der Waals surface area contributed by atoms with Crippen molar-refractivity contribution in [2.45, 2.75) is 0 Å². The van der Waals surface area contributed by atoms with Crippen LogP contribution in [0.15, 0.2) is 30.3 Å². The van der Waals surface area contributed by atoms with Crippen LogP contribution in [0.25, 0.3) is 0 Å². The highest BCUT2D eigenvalue weighted by atomic mass is 16.4. The molecule has 0 bridgehead atoms. The number of benzene rings is 1. The summed E-state index contributed by atoms with van der Waals surface area (Å²) in [5, 5.41) is 12.9. The highest BCUT2D eigenvalue weighted by Crippen LogP contribution is 2.05. The molecule has 96 valence electrons. The Bertz CT molecular complexity index is 447. The van der Waals surface area contributed by atoms with E-state index in [1.165, 1.54) is 7.05 Å². The number of carboxylic acid groups (broad SMARTS) is 1. The Hall–Kier alpha value is -2.57. The molecule has 0 saturated heterocycles. The van der Waals surface area contributed by atoms with Crippen LogP contribution in [0, 0.1) is 0 Å². The van der Waals surface area contributed by atoms with Crippen molar-refractivity contribution in [1.29, 1.82) is 0 Å². The lowest BCUT2D eigenvalue weighted by Gasteiger charge is -2.16. The van der Waals surface area contributed by atoms with Crippen molar-refractivity contribution in [3.63, 3.8) is 0 Å². The minimum Gasteiger partial charge on any atom is -0.480 e. The van der Waals surface area contributed by atoms with Crippen LogP contribution in [-0.2, 0) is 4.79 Å². The van der Waals surface area contributed by atoms with Crippen LogP contribution in [0.3, 0.4) is 0 Å². The van der Waals surface area contributed by atoms with Gasteiger partial charge in [0.05, 0.1) is 0 Å². The van der Waals surface area contributed by atoms with Crippen molar-refractivity contribution in [1.82, 2.24) is 10.2 Å². The number of anilines is 1. The molecule has 1 aromatic carbocycles. The monoisotopic (exact) mass is 251 g/mol. The Labute approximate surface area is 103 Å². The quantitative estimate of drug-likeness (QED) is 0.744. The van der Waals surface area contributed by atoms with Crippen LogP contribution >= 0.6 is 0 Å². The Morgan fingerprint density at radius 2 is 1.78 bits per heavy atom. The van der Waals surface area contributed by atoms with Gasteiger partial charge in [0.2, 0.25) is 0 Å². The molecule has 0 aliphatic carbocycles. The number of aliphatic carboxylic acids is 1. The van der Waals surface area contributed by atoms with E-state index in [9.17, 15) is 14.4 Å². The second kappa shape index (κ2) is 6.24.